The van der Waals surface area contributed by atoms with Gasteiger partial charge in [0.15, 0.2) is 0 Å². The minimum absolute atomic E-state index is 0.0227. The van der Waals surface area contributed by atoms with Crippen LogP contribution in [0.25, 0.3) is 11.3 Å². The Bertz CT molecular complexity index is 785. The zero-order chi connectivity index (χ0) is 18.5. The number of piperidine rings is 1. The smallest absolute Gasteiger partial charge is 0.266 e. The maximum atomic E-state index is 12.4. The number of likely N-dealkylation sites (tertiary alicyclic amines) is 2. The number of nitrogens with zero attached hydrogens (tertiary/aromatic N) is 5. The zero-order valence-corrected chi connectivity index (χ0v) is 16.0. The molecule has 2 aromatic rings. The van der Waals surface area contributed by atoms with Crippen molar-refractivity contribution in [1.29, 1.82) is 0 Å². The van der Waals surface area contributed by atoms with Gasteiger partial charge in [0.05, 0.1) is 12.2 Å². The van der Waals surface area contributed by atoms with Gasteiger partial charge >= 0.3 is 0 Å². The Hall–Kier alpha value is -2.05. The number of hydrogen-bond acceptors (Lipinski definition) is 5. The molecule has 6 nitrogen and oxygen atoms in total. The number of hydrogen-bond donors (Lipinski definition) is 0. The van der Waals surface area contributed by atoms with E-state index in [1.807, 2.05) is 12.1 Å². The molecule has 0 bridgehead atoms. The molecule has 6 heteroatoms. The van der Waals surface area contributed by atoms with Crippen LogP contribution in [0.15, 0.2) is 41.5 Å². The quantitative estimate of drug-likeness (QED) is 0.784. The highest BCUT2D eigenvalue weighted by atomic mass is 16.1. The van der Waals surface area contributed by atoms with Crippen LogP contribution < -0.4 is 5.56 Å². The summed E-state index contributed by atoms with van der Waals surface area (Å²) >= 11 is 0. The summed E-state index contributed by atoms with van der Waals surface area (Å²) in [7, 11) is 0. The first kappa shape index (κ1) is 18.3. The summed E-state index contributed by atoms with van der Waals surface area (Å²) in [6, 6.07) is 7.70. The number of rotatable bonds is 6. The van der Waals surface area contributed by atoms with E-state index in [0.29, 0.717) is 12.6 Å². The van der Waals surface area contributed by atoms with Gasteiger partial charge in [0.2, 0.25) is 0 Å². The molecule has 0 radical (unpaired) electrons. The third-order valence-electron chi connectivity index (χ3n) is 5.86. The zero-order valence-electron chi connectivity index (χ0n) is 16.0. The van der Waals surface area contributed by atoms with Crippen molar-refractivity contribution >= 4 is 0 Å². The molecule has 0 saturated carbocycles. The Balaban J connectivity index is 1.42. The van der Waals surface area contributed by atoms with E-state index < -0.39 is 0 Å². The minimum atomic E-state index is -0.0227. The average Bonchev–Trinajstić information content (AvgIpc) is 3.16. The summed E-state index contributed by atoms with van der Waals surface area (Å²) in [5.74, 6) is 0. The molecule has 2 aliphatic heterocycles. The molecule has 2 saturated heterocycles. The molecule has 0 N–H and O–H groups in total. The van der Waals surface area contributed by atoms with Crippen molar-refractivity contribution in [2.24, 2.45) is 0 Å². The highest BCUT2D eigenvalue weighted by Crippen LogP contribution is 2.19. The van der Waals surface area contributed by atoms with Crippen molar-refractivity contribution in [3.8, 4) is 11.3 Å². The van der Waals surface area contributed by atoms with Gasteiger partial charge in [-0.15, -0.1) is 0 Å². The Morgan fingerprint density at radius 2 is 1.89 bits per heavy atom. The van der Waals surface area contributed by atoms with Gasteiger partial charge in [0, 0.05) is 43.2 Å². The Morgan fingerprint density at radius 3 is 2.70 bits per heavy atom. The summed E-state index contributed by atoms with van der Waals surface area (Å²) in [5, 5.41) is 4.62. The Kier molecular flexibility index (Phi) is 5.94. The van der Waals surface area contributed by atoms with Crippen molar-refractivity contribution in [3.63, 3.8) is 0 Å². The van der Waals surface area contributed by atoms with Gasteiger partial charge in [-0.2, -0.15) is 5.10 Å². The van der Waals surface area contributed by atoms with Gasteiger partial charge in [-0.3, -0.25) is 14.7 Å². The molecule has 0 amide bonds. The van der Waals surface area contributed by atoms with Gasteiger partial charge < -0.3 is 4.90 Å². The summed E-state index contributed by atoms with van der Waals surface area (Å²) in [4.78, 5) is 21.7. The van der Waals surface area contributed by atoms with Crippen molar-refractivity contribution < 1.29 is 0 Å². The largest absolute Gasteiger partial charge is 0.302 e. The fraction of sp³-hybridized carbons (Fsp3) is 0.571. The Labute approximate surface area is 160 Å². The molecule has 2 aromatic heterocycles. The topological polar surface area (TPSA) is 54.3 Å². The maximum Gasteiger partial charge on any atom is 0.266 e. The molecule has 4 rings (SSSR count). The lowest BCUT2D eigenvalue weighted by Gasteiger charge is -2.30. The molecular weight excluding hydrogens is 338 g/mol. The van der Waals surface area contributed by atoms with Gasteiger partial charge in [0.25, 0.3) is 5.56 Å². The van der Waals surface area contributed by atoms with Crippen LogP contribution in [-0.2, 0) is 6.54 Å². The van der Waals surface area contributed by atoms with Crippen molar-refractivity contribution in [2.75, 3.05) is 32.7 Å². The molecule has 144 valence electrons. The first-order valence-electron chi connectivity index (χ1n) is 10.2. The maximum absolute atomic E-state index is 12.4. The summed E-state index contributed by atoms with van der Waals surface area (Å²) in [5.41, 5.74) is 1.73. The molecular formula is C21H29N5O. The van der Waals surface area contributed by atoms with Gasteiger partial charge in [-0.25, -0.2) is 4.68 Å². The predicted molar refractivity (Wildman–Crippen MR) is 107 cm³/mol. The van der Waals surface area contributed by atoms with E-state index in [-0.39, 0.29) is 5.56 Å². The summed E-state index contributed by atoms with van der Waals surface area (Å²) in [6.45, 7) is 6.54. The van der Waals surface area contributed by atoms with Crippen LogP contribution in [0, 0.1) is 0 Å². The van der Waals surface area contributed by atoms with E-state index in [1.165, 1.54) is 38.8 Å². The lowest BCUT2D eigenvalue weighted by atomic mass is 10.1. The van der Waals surface area contributed by atoms with E-state index in [2.05, 4.69) is 19.9 Å². The highest BCUT2D eigenvalue weighted by Gasteiger charge is 2.26. The highest BCUT2D eigenvalue weighted by molar-refractivity contribution is 5.56. The van der Waals surface area contributed by atoms with Crippen molar-refractivity contribution in [3.05, 3.63) is 47.0 Å². The third kappa shape index (κ3) is 4.62. The number of pyridine rings is 1. The molecule has 4 heterocycles. The molecule has 0 aliphatic carbocycles. The van der Waals surface area contributed by atoms with Crippen LogP contribution >= 0.6 is 0 Å². The van der Waals surface area contributed by atoms with Crippen LogP contribution in [0.2, 0.25) is 0 Å². The van der Waals surface area contributed by atoms with Crippen LogP contribution in [-0.4, -0.2) is 63.3 Å². The van der Waals surface area contributed by atoms with E-state index in [0.717, 1.165) is 37.3 Å². The van der Waals surface area contributed by atoms with Gasteiger partial charge in [0.1, 0.15) is 0 Å². The van der Waals surface area contributed by atoms with Crippen LogP contribution in [0.5, 0.6) is 0 Å². The van der Waals surface area contributed by atoms with Gasteiger partial charge in [-0.1, -0.05) is 6.42 Å². The summed E-state index contributed by atoms with van der Waals surface area (Å²) < 4.78 is 1.65. The van der Waals surface area contributed by atoms with Crippen LogP contribution in [0.4, 0.5) is 0 Å². The van der Waals surface area contributed by atoms with Crippen LogP contribution in [0.1, 0.15) is 32.1 Å². The van der Waals surface area contributed by atoms with E-state index >= 15 is 0 Å². The standard InChI is InChI=1S/C21H29N5O/c27-21-9-8-20(18-6-4-10-22-16-18)23-26(21)17-19-7-5-13-25(19)15-14-24-11-2-1-3-12-24/h4,6,8-10,16,19H,1-3,5,7,11-15,17H2. The molecule has 2 fully saturated rings. The monoisotopic (exact) mass is 367 g/mol. The van der Waals surface area contributed by atoms with E-state index in [1.54, 1.807) is 29.2 Å². The van der Waals surface area contributed by atoms with Gasteiger partial charge in [-0.05, 0) is 63.5 Å². The normalized spacial score (nSPS) is 21.6. The molecule has 0 aromatic carbocycles. The van der Waals surface area contributed by atoms with Crippen molar-refractivity contribution in [1.82, 2.24) is 24.6 Å². The van der Waals surface area contributed by atoms with Crippen molar-refractivity contribution in [2.45, 2.75) is 44.7 Å². The van der Waals surface area contributed by atoms with E-state index in [4.69, 9.17) is 0 Å². The molecule has 1 unspecified atom stereocenters. The first-order valence-corrected chi connectivity index (χ1v) is 10.2. The van der Waals surface area contributed by atoms with Crippen LogP contribution in [0.3, 0.4) is 0 Å². The third-order valence-corrected chi connectivity index (χ3v) is 5.86. The SMILES string of the molecule is O=c1ccc(-c2cccnc2)nn1CC1CCCN1CCN1CCCCC1. The molecule has 2 aliphatic rings. The fourth-order valence-electron chi connectivity index (χ4n) is 4.30. The lowest BCUT2D eigenvalue weighted by Crippen LogP contribution is -2.42. The Morgan fingerprint density at radius 1 is 1.00 bits per heavy atom. The molecule has 0 spiro atoms. The minimum Gasteiger partial charge on any atom is -0.302 e. The molecule has 27 heavy (non-hydrogen) atoms. The van der Waals surface area contributed by atoms with E-state index in [9.17, 15) is 4.79 Å². The average molecular weight is 367 g/mol. The lowest BCUT2D eigenvalue weighted by molar-refractivity contribution is 0.164. The first-order chi connectivity index (χ1) is 13.3. The predicted octanol–water partition coefficient (Wildman–Crippen LogP) is 2.26. The fourth-order valence-corrected chi connectivity index (χ4v) is 4.30. The second-order valence-electron chi connectivity index (χ2n) is 7.71. The summed E-state index contributed by atoms with van der Waals surface area (Å²) in [6.07, 6.45) is 9.95. The molecule has 1 atom stereocenters. The second kappa shape index (κ2) is 8.76. The number of aromatic nitrogens is 3. The second-order valence-corrected chi connectivity index (χ2v) is 7.71.